The number of benzene rings is 2. The van der Waals surface area contributed by atoms with Gasteiger partial charge in [-0.2, -0.15) is 0 Å². The number of hydrogen-bond donors (Lipinski definition) is 3. The second-order valence-electron chi connectivity index (χ2n) is 6.39. The predicted molar refractivity (Wildman–Crippen MR) is 104 cm³/mol. The number of amides is 2. The lowest BCUT2D eigenvalue weighted by Crippen LogP contribution is -2.42. The van der Waals surface area contributed by atoms with Crippen molar-refractivity contribution in [1.82, 2.24) is 5.32 Å². The summed E-state index contributed by atoms with van der Waals surface area (Å²) in [4.78, 5) is 35.9. The van der Waals surface area contributed by atoms with E-state index < -0.39 is 17.9 Å². The van der Waals surface area contributed by atoms with Crippen LogP contribution in [0.15, 0.2) is 48.5 Å². The van der Waals surface area contributed by atoms with Crippen molar-refractivity contribution >= 4 is 35.1 Å². The summed E-state index contributed by atoms with van der Waals surface area (Å²) < 4.78 is 0. The molecule has 0 unspecified atom stereocenters. The quantitative estimate of drug-likeness (QED) is 0.677. The van der Waals surface area contributed by atoms with Gasteiger partial charge in [-0.05, 0) is 23.8 Å². The number of carbonyl (C=O) groups excluding carboxylic acids is 2. The number of hydrogen-bond acceptors (Lipinski definition) is 3. The van der Waals surface area contributed by atoms with E-state index in [4.69, 9.17) is 11.6 Å². The fraction of sp³-hybridized carbons (Fsp3) is 0.250. The normalized spacial score (nSPS) is 11.7. The van der Waals surface area contributed by atoms with Crippen molar-refractivity contribution in [3.8, 4) is 0 Å². The summed E-state index contributed by atoms with van der Waals surface area (Å²) in [5.74, 6) is -2.19. The van der Waals surface area contributed by atoms with Crippen LogP contribution < -0.4 is 10.6 Å². The fourth-order valence-corrected chi connectivity index (χ4v) is 2.55. The monoisotopic (exact) mass is 388 g/mol. The van der Waals surface area contributed by atoms with Crippen LogP contribution in [0.1, 0.15) is 29.8 Å². The molecule has 6 nitrogen and oxygen atoms in total. The highest BCUT2D eigenvalue weighted by Crippen LogP contribution is 2.21. The van der Waals surface area contributed by atoms with E-state index in [1.165, 1.54) is 12.1 Å². The smallest absolute Gasteiger partial charge is 0.326 e. The Morgan fingerprint density at radius 1 is 1.07 bits per heavy atom. The number of carboxylic acids is 1. The molecule has 0 aliphatic rings. The molecular weight excluding hydrogens is 368 g/mol. The van der Waals surface area contributed by atoms with Crippen LogP contribution in [-0.4, -0.2) is 28.9 Å². The Balaban J connectivity index is 2.17. The van der Waals surface area contributed by atoms with Crippen molar-refractivity contribution in [1.29, 1.82) is 0 Å². The van der Waals surface area contributed by atoms with E-state index in [2.05, 4.69) is 10.6 Å². The van der Waals surface area contributed by atoms with E-state index in [1.807, 2.05) is 6.07 Å². The molecule has 0 fully saturated rings. The van der Waals surface area contributed by atoms with Crippen LogP contribution in [0.3, 0.4) is 0 Å². The molecule has 3 N–H and O–H groups in total. The molecule has 0 aliphatic heterocycles. The Kier molecular flexibility index (Phi) is 6.96. The SMILES string of the molecule is CC(C)C(=O)Nc1ccc(Cl)c(C(=O)N[C@@H](Cc2ccccc2)C(=O)O)c1. The molecule has 27 heavy (non-hydrogen) atoms. The molecule has 0 aromatic heterocycles. The minimum absolute atomic E-state index is 0.0949. The van der Waals surface area contributed by atoms with Gasteiger partial charge in [0.1, 0.15) is 6.04 Å². The molecule has 2 aromatic carbocycles. The molecule has 0 aliphatic carbocycles. The lowest BCUT2D eigenvalue weighted by molar-refractivity contribution is -0.139. The Bertz CT molecular complexity index is 837. The van der Waals surface area contributed by atoms with Crippen LogP contribution in [0, 0.1) is 5.92 Å². The number of aliphatic carboxylic acids is 1. The molecule has 142 valence electrons. The number of rotatable bonds is 7. The molecule has 2 rings (SSSR count). The number of halogens is 1. The van der Waals surface area contributed by atoms with Gasteiger partial charge in [0.05, 0.1) is 10.6 Å². The fourth-order valence-electron chi connectivity index (χ4n) is 2.35. The first-order valence-corrected chi connectivity index (χ1v) is 8.83. The molecule has 0 saturated heterocycles. The molecule has 0 heterocycles. The van der Waals surface area contributed by atoms with Gasteiger partial charge in [0, 0.05) is 18.0 Å². The minimum Gasteiger partial charge on any atom is -0.480 e. The highest BCUT2D eigenvalue weighted by molar-refractivity contribution is 6.34. The van der Waals surface area contributed by atoms with E-state index in [-0.39, 0.29) is 28.8 Å². The Morgan fingerprint density at radius 3 is 2.33 bits per heavy atom. The van der Waals surface area contributed by atoms with Crippen molar-refractivity contribution in [2.45, 2.75) is 26.3 Å². The molecular formula is C20H21ClN2O4. The van der Waals surface area contributed by atoms with Gasteiger partial charge in [-0.25, -0.2) is 4.79 Å². The van der Waals surface area contributed by atoms with Crippen LogP contribution in [0.2, 0.25) is 5.02 Å². The first-order chi connectivity index (χ1) is 12.8. The van der Waals surface area contributed by atoms with Gasteiger partial charge in [-0.3, -0.25) is 9.59 Å². The summed E-state index contributed by atoms with van der Waals surface area (Å²) in [6, 6.07) is 12.4. The van der Waals surface area contributed by atoms with Crippen LogP contribution in [-0.2, 0) is 16.0 Å². The topological polar surface area (TPSA) is 95.5 Å². The Morgan fingerprint density at radius 2 is 1.74 bits per heavy atom. The van der Waals surface area contributed by atoms with Gasteiger partial charge >= 0.3 is 5.97 Å². The van der Waals surface area contributed by atoms with E-state index in [1.54, 1.807) is 44.2 Å². The third-order valence-electron chi connectivity index (χ3n) is 3.89. The van der Waals surface area contributed by atoms with E-state index in [9.17, 15) is 19.5 Å². The van der Waals surface area contributed by atoms with Gasteiger partial charge in [-0.15, -0.1) is 0 Å². The summed E-state index contributed by atoms with van der Waals surface area (Å²) in [7, 11) is 0. The zero-order chi connectivity index (χ0) is 20.0. The molecule has 0 saturated carbocycles. The number of nitrogens with one attached hydrogen (secondary N) is 2. The van der Waals surface area contributed by atoms with Crippen LogP contribution >= 0.6 is 11.6 Å². The average Bonchev–Trinajstić information content (AvgIpc) is 2.63. The van der Waals surface area contributed by atoms with Crippen molar-refractivity contribution in [2.75, 3.05) is 5.32 Å². The third-order valence-corrected chi connectivity index (χ3v) is 4.22. The Labute approximate surface area is 162 Å². The molecule has 0 radical (unpaired) electrons. The van der Waals surface area contributed by atoms with Gasteiger partial charge in [0.25, 0.3) is 5.91 Å². The van der Waals surface area contributed by atoms with Gasteiger partial charge in [0.2, 0.25) is 5.91 Å². The maximum absolute atomic E-state index is 12.6. The number of carboxylic acid groups (broad SMARTS) is 1. The highest BCUT2D eigenvalue weighted by atomic mass is 35.5. The molecule has 2 amide bonds. The zero-order valence-corrected chi connectivity index (χ0v) is 15.8. The summed E-state index contributed by atoms with van der Waals surface area (Å²) in [6.07, 6.45) is 0.142. The van der Waals surface area contributed by atoms with E-state index >= 15 is 0 Å². The Hall–Kier alpha value is -2.86. The average molecular weight is 389 g/mol. The van der Waals surface area contributed by atoms with E-state index in [0.717, 1.165) is 5.56 Å². The first-order valence-electron chi connectivity index (χ1n) is 8.46. The van der Waals surface area contributed by atoms with Crippen LogP contribution in [0.25, 0.3) is 0 Å². The van der Waals surface area contributed by atoms with Gasteiger partial charge in [-0.1, -0.05) is 55.8 Å². The predicted octanol–water partition coefficient (Wildman–Crippen LogP) is 3.36. The molecule has 1 atom stereocenters. The minimum atomic E-state index is -1.15. The van der Waals surface area contributed by atoms with Crippen molar-refractivity contribution < 1.29 is 19.5 Å². The summed E-state index contributed by atoms with van der Waals surface area (Å²) in [5, 5.41) is 14.8. The van der Waals surface area contributed by atoms with Crippen molar-refractivity contribution in [3.05, 3.63) is 64.7 Å². The van der Waals surface area contributed by atoms with Gasteiger partial charge < -0.3 is 15.7 Å². The molecule has 2 aromatic rings. The second-order valence-corrected chi connectivity index (χ2v) is 6.80. The maximum Gasteiger partial charge on any atom is 0.326 e. The lowest BCUT2D eigenvalue weighted by Gasteiger charge is -2.16. The molecule has 0 bridgehead atoms. The maximum atomic E-state index is 12.6. The largest absolute Gasteiger partial charge is 0.480 e. The first kappa shape index (κ1) is 20.5. The summed E-state index contributed by atoms with van der Waals surface area (Å²) in [6.45, 7) is 3.50. The highest BCUT2D eigenvalue weighted by Gasteiger charge is 2.22. The molecule has 0 spiro atoms. The number of anilines is 1. The van der Waals surface area contributed by atoms with Crippen LogP contribution in [0.4, 0.5) is 5.69 Å². The standard InChI is InChI=1S/C20H21ClN2O4/c1-12(2)18(24)22-14-8-9-16(21)15(11-14)19(25)23-17(20(26)27)10-13-6-4-3-5-7-13/h3-9,11-12,17H,10H2,1-2H3,(H,22,24)(H,23,25)(H,26,27)/t17-/m0/s1. The zero-order valence-electron chi connectivity index (χ0n) is 15.0. The summed E-state index contributed by atoms with van der Waals surface area (Å²) >= 11 is 6.09. The van der Waals surface area contributed by atoms with Crippen LogP contribution in [0.5, 0.6) is 0 Å². The van der Waals surface area contributed by atoms with Crippen molar-refractivity contribution in [2.24, 2.45) is 5.92 Å². The van der Waals surface area contributed by atoms with Crippen molar-refractivity contribution in [3.63, 3.8) is 0 Å². The number of carbonyl (C=O) groups is 3. The third kappa shape index (κ3) is 5.82. The second kappa shape index (κ2) is 9.19. The summed E-state index contributed by atoms with van der Waals surface area (Å²) in [5.41, 5.74) is 1.30. The lowest BCUT2D eigenvalue weighted by atomic mass is 10.1. The van der Waals surface area contributed by atoms with E-state index in [0.29, 0.717) is 5.69 Å². The van der Waals surface area contributed by atoms with Gasteiger partial charge in [0.15, 0.2) is 0 Å². The molecule has 7 heteroatoms.